The van der Waals surface area contributed by atoms with Crippen LogP contribution < -0.4 is 10.9 Å². The maximum Gasteiger partial charge on any atom is 0.259 e. The first kappa shape index (κ1) is 17.5. The number of aromatic amines is 1. The number of aryl methyl sites for hydroxylation is 2. The molecule has 0 saturated heterocycles. The van der Waals surface area contributed by atoms with Crippen LogP contribution in [0.2, 0.25) is 0 Å². The Kier molecular flexibility index (Phi) is 4.75. The third-order valence-corrected chi connectivity index (χ3v) is 5.08. The molecule has 1 amide bonds. The summed E-state index contributed by atoms with van der Waals surface area (Å²) in [5.74, 6) is 0.599. The second-order valence-corrected chi connectivity index (χ2v) is 7.11. The van der Waals surface area contributed by atoms with Gasteiger partial charge in [0.05, 0.1) is 11.1 Å². The first-order valence-corrected chi connectivity index (χ1v) is 9.35. The van der Waals surface area contributed by atoms with Gasteiger partial charge in [-0.2, -0.15) is 4.98 Å². The van der Waals surface area contributed by atoms with E-state index in [1.807, 2.05) is 25.1 Å². The van der Waals surface area contributed by atoms with Crippen LogP contribution >= 0.6 is 0 Å². The summed E-state index contributed by atoms with van der Waals surface area (Å²) < 4.78 is 5.24. The Balaban J connectivity index is 1.47. The zero-order valence-corrected chi connectivity index (χ0v) is 15.2. The number of rotatable bonds is 5. The standard InChI is InChI=1S/C20H22N4O3/c1-12-5-4-6-13-11-15(20(26)23-18(12)13)19-22-17(27-24-19)10-9-16(25)21-14-7-2-3-8-14/h4-6,11,14H,2-3,7-10H2,1H3,(H,21,25)(H,23,26). The monoisotopic (exact) mass is 366 g/mol. The van der Waals surface area contributed by atoms with Gasteiger partial charge in [0.2, 0.25) is 17.6 Å². The molecule has 1 aliphatic rings. The van der Waals surface area contributed by atoms with E-state index in [0.29, 0.717) is 30.3 Å². The van der Waals surface area contributed by atoms with Crippen LogP contribution in [0.5, 0.6) is 0 Å². The van der Waals surface area contributed by atoms with Crippen LogP contribution in [0.1, 0.15) is 43.6 Å². The van der Waals surface area contributed by atoms with E-state index in [1.54, 1.807) is 6.07 Å². The van der Waals surface area contributed by atoms with E-state index in [2.05, 4.69) is 20.4 Å². The molecule has 140 valence electrons. The minimum atomic E-state index is -0.261. The number of pyridine rings is 1. The Morgan fingerprint density at radius 1 is 1.33 bits per heavy atom. The van der Waals surface area contributed by atoms with E-state index in [4.69, 9.17) is 4.52 Å². The van der Waals surface area contributed by atoms with Gasteiger partial charge in [-0.05, 0) is 36.8 Å². The Bertz CT molecular complexity index is 1030. The fourth-order valence-electron chi connectivity index (χ4n) is 3.61. The number of fused-ring (bicyclic) bond motifs is 1. The number of hydrogen-bond donors (Lipinski definition) is 2. The highest BCUT2D eigenvalue weighted by Gasteiger charge is 2.18. The van der Waals surface area contributed by atoms with Gasteiger partial charge >= 0.3 is 0 Å². The molecule has 2 aromatic heterocycles. The highest BCUT2D eigenvalue weighted by molar-refractivity contribution is 5.84. The number of carbonyl (C=O) groups excluding carboxylic acids is 1. The zero-order chi connectivity index (χ0) is 18.8. The van der Waals surface area contributed by atoms with Crippen LogP contribution in [0.4, 0.5) is 0 Å². The molecule has 27 heavy (non-hydrogen) atoms. The van der Waals surface area contributed by atoms with Crippen molar-refractivity contribution in [1.82, 2.24) is 20.4 Å². The molecule has 1 aliphatic carbocycles. The van der Waals surface area contributed by atoms with Gasteiger partial charge in [0, 0.05) is 18.9 Å². The van der Waals surface area contributed by atoms with Crippen LogP contribution in [-0.2, 0) is 11.2 Å². The summed E-state index contributed by atoms with van der Waals surface area (Å²) in [4.78, 5) is 31.6. The second-order valence-electron chi connectivity index (χ2n) is 7.11. The molecule has 3 aromatic rings. The predicted octanol–water partition coefficient (Wildman–Crippen LogP) is 2.88. The lowest BCUT2D eigenvalue weighted by atomic mass is 10.1. The first-order valence-electron chi connectivity index (χ1n) is 9.35. The Morgan fingerprint density at radius 3 is 2.96 bits per heavy atom. The smallest absolute Gasteiger partial charge is 0.259 e. The van der Waals surface area contributed by atoms with Crippen molar-refractivity contribution in [2.45, 2.75) is 51.5 Å². The SMILES string of the molecule is Cc1cccc2cc(-c3noc(CCC(=O)NC4CCCC4)n3)c(=O)[nH]c12. The lowest BCUT2D eigenvalue weighted by Gasteiger charge is -2.10. The quantitative estimate of drug-likeness (QED) is 0.723. The highest BCUT2D eigenvalue weighted by atomic mass is 16.5. The molecule has 2 heterocycles. The number of para-hydroxylation sites is 1. The van der Waals surface area contributed by atoms with Crippen LogP contribution in [0.25, 0.3) is 22.3 Å². The summed E-state index contributed by atoms with van der Waals surface area (Å²) >= 11 is 0. The summed E-state index contributed by atoms with van der Waals surface area (Å²) in [6.45, 7) is 1.95. The number of nitrogens with one attached hydrogen (secondary N) is 2. The van der Waals surface area contributed by atoms with Crippen molar-refractivity contribution in [3.63, 3.8) is 0 Å². The van der Waals surface area contributed by atoms with Crippen LogP contribution in [0.3, 0.4) is 0 Å². The molecule has 1 fully saturated rings. The van der Waals surface area contributed by atoms with Gasteiger partial charge in [-0.3, -0.25) is 9.59 Å². The lowest BCUT2D eigenvalue weighted by molar-refractivity contribution is -0.121. The van der Waals surface area contributed by atoms with Crippen molar-refractivity contribution in [3.05, 3.63) is 46.1 Å². The predicted molar refractivity (Wildman–Crippen MR) is 101 cm³/mol. The molecule has 0 radical (unpaired) electrons. The topological polar surface area (TPSA) is 101 Å². The number of H-pyrrole nitrogens is 1. The summed E-state index contributed by atoms with van der Waals surface area (Å²) in [5.41, 5.74) is 1.90. The van der Waals surface area contributed by atoms with Crippen molar-refractivity contribution in [3.8, 4) is 11.4 Å². The average Bonchev–Trinajstić information content (AvgIpc) is 3.32. The molecule has 2 N–H and O–H groups in total. The van der Waals surface area contributed by atoms with E-state index in [-0.39, 0.29) is 17.3 Å². The zero-order valence-electron chi connectivity index (χ0n) is 15.2. The largest absolute Gasteiger partial charge is 0.353 e. The third-order valence-electron chi connectivity index (χ3n) is 5.08. The molecule has 7 heteroatoms. The molecular weight excluding hydrogens is 344 g/mol. The molecule has 0 spiro atoms. The van der Waals surface area contributed by atoms with Crippen LogP contribution in [0, 0.1) is 6.92 Å². The molecule has 1 saturated carbocycles. The lowest BCUT2D eigenvalue weighted by Crippen LogP contribution is -2.32. The van der Waals surface area contributed by atoms with E-state index in [1.165, 1.54) is 12.8 Å². The average molecular weight is 366 g/mol. The fraction of sp³-hybridized carbons (Fsp3) is 0.400. The molecule has 0 atom stereocenters. The van der Waals surface area contributed by atoms with E-state index in [0.717, 1.165) is 29.3 Å². The van der Waals surface area contributed by atoms with Crippen molar-refractivity contribution in [2.24, 2.45) is 0 Å². The number of aromatic nitrogens is 3. The van der Waals surface area contributed by atoms with Gasteiger partial charge in [0.15, 0.2) is 0 Å². The third kappa shape index (κ3) is 3.77. The van der Waals surface area contributed by atoms with Crippen molar-refractivity contribution in [2.75, 3.05) is 0 Å². The Hall–Kier alpha value is -2.96. The first-order chi connectivity index (χ1) is 13.1. The maximum atomic E-state index is 12.4. The fourth-order valence-corrected chi connectivity index (χ4v) is 3.61. The number of nitrogens with zero attached hydrogens (tertiary/aromatic N) is 2. The van der Waals surface area contributed by atoms with Crippen molar-refractivity contribution < 1.29 is 9.32 Å². The molecular formula is C20H22N4O3. The van der Waals surface area contributed by atoms with Gasteiger partial charge in [-0.25, -0.2) is 0 Å². The van der Waals surface area contributed by atoms with E-state index < -0.39 is 0 Å². The summed E-state index contributed by atoms with van der Waals surface area (Å²) in [6, 6.07) is 7.87. The van der Waals surface area contributed by atoms with Gasteiger partial charge in [0.1, 0.15) is 0 Å². The summed E-state index contributed by atoms with van der Waals surface area (Å²) in [6.07, 6.45) is 5.12. The number of hydrogen-bond acceptors (Lipinski definition) is 5. The van der Waals surface area contributed by atoms with Gasteiger partial charge in [-0.1, -0.05) is 36.2 Å². The molecule has 1 aromatic carbocycles. The van der Waals surface area contributed by atoms with Crippen molar-refractivity contribution >= 4 is 16.8 Å². The molecule has 4 rings (SSSR count). The normalized spacial score (nSPS) is 14.7. The maximum absolute atomic E-state index is 12.4. The van der Waals surface area contributed by atoms with Gasteiger partial charge in [-0.15, -0.1) is 0 Å². The summed E-state index contributed by atoms with van der Waals surface area (Å²) in [5, 5.41) is 7.87. The van der Waals surface area contributed by atoms with Crippen LogP contribution in [-0.4, -0.2) is 27.1 Å². The number of carbonyl (C=O) groups is 1. The summed E-state index contributed by atoms with van der Waals surface area (Å²) in [7, 11) is 0. The number of benzene rings is 1. The Labute approximate surface area is 156 Å². The molecule has 0 bridgehead atoms. The minimum Gasteiger partial charge on any atom is -0.353 e. The Morgan fingerprint density at radius 2 is 2.15 bits per heavy atom. The molecule has 0 aliphatic heterocycles. The molecule has 7 nitrogen and oxygen atoms in total. The van der Waals surface area contributed by atoms with E-state index in [9.17, 15) is 9.59 Å². The molecule has 0 unspecified atom stereocenters. The van der Waals surface area contributed by atoms with Gasteiger partial charge in [0.25, 0.3) is 5.56 Å². The highest BCUT2D eigenvalue weighted by Crippen LogP contribution is 2.20. The second kappa shape index (κ2) is 7.34. The minimum absolute atomic E-state index is 0.000627. The van der Waals surface area contributed by atoms with Crippen molar-refractivity contribution in [1.29, 1.82) is 0 Å². The number of amides is 1. The van der Waals surface area contributed by atoms with Gasteiger partial charge < -0.3 is 14.8 Å². The van der Waals surface area contributed by atoms with E-state index >= 15 is 0 Å². The van der Waals surface area contributed by atoms with Crippen LogP contribution in [0.15, 0.2) is 33.6 Å².